The lowest BCUT2D eigenvalue weighted by atomic mass is 10.0. The smallest absolute Gasteiger partial charge is 0.222 e. The van der Waals surface area contributed by atoms with Gasteiger partial charge in [-0.15, -0.1) is 0 Å². The van der Waals surface area contributed by atoms with Crippen LogP contribution in [-0.4, -0.2) is 34.9 Å². The van der Waals surface area contributed by atoms with Gasteiger partial charge >= 0.3 is 0 Å². The number of nitrogens with one attached hydrogen (secondary N) is 1. The zero-order chi connectivity index (χ0) is 11.2. The van der Waals surface area contributed by atoms with Crippen LogP contribution < -0.4 is 5.32 Å². The maximum atomic E-state index is 11.4. The van der Waals surface area contributed by atoms with Crippen molar-refractivity contribution in [2.75, 3.05) is 13.2 Å². The normalized spacial score (nSPS) is 17.2. The van der Waals surface area contributed by atoms with Crippen LogP contribution in [-0.2, 0) is 4.79 Å². The van der Waals surface area contributed by atoms with Crippen molar-refractivity contribution in [3.05, 3.63) is 0 Å². The van der Waals surface area contributed by atoms with Crippen LogP contribution in [0.1, 0.15) is 33.6 Å². The predicted octanol–water partition coefficient (Wildman–Crippen LogP) is 0.282. The molecule has 0 saturated carbocycles. The molecule has 0 aliphatic heterocycles. The van der Waals surface area contributed by atoms with E-state index in [0.29, 0.717) is 0 Å². The van der Waals surface area contributed by atoms with E-state index in [2.05, 4.69) is 5.32 Å². The average molecular weight is 203 g/mol. The van der Waals surface area contributed by atoms with Crippen molar-refractivity contribution in [3.8, 4) is 0 Å². The molecule has 0 bridgehead atoms. The molecule has 0 heterocycles. The molecule has 1 amide bonds. The van der Waals surface area contributed by atoms with Crippen molar-refractivity contribution >= 4 is 5.91 Å². The Labute approximate surface area is 85.3 Å². The molecular formula is C10H21NO3. The van der Waals surface area contributed by atoms with Crippen LogP contribution in [0.5, 0.6) is 0 Å². The van der Waals surface area contributed by atoms with Gasteiger partial charge in [-0.1, -0.05) is 20.3 Å². The van der Waals surface area contributed by atoms with E-state index in [1.54, 1.807) is 0 Å². The lowest BCUT2D eigenvalue weighted by Gasteiger charge is -2.21. The first-order chi connectivity index (χ1) is 6.43. The Balaban J connectivity index is 3.84. The zero-order valence-corrected chi connectivity index (χ0v) is 9.21. The summed E-state index contributed by atoms with van der Waals surface area (Å²) in [5.74, 6) is -0.102. The largest absolute Gasteiger partial charge is 0.393 e. The SMILES string of the molecule is CCCC(C)C(=O)NCC(C)(O)CO. The fourth-order valence-electron chi connectivity index (χ4n) is 1.07. The van der Waals surface area contributed by atoms with E-state index in [0.717, 1.165) is 12.8 Å². The fourth-order valence-corrected chi connectivity index (χ4v) is 1.07. The summed E-state index contributed by atoms with van der Waals surface area (Å²) < 4.78 is 0. The molecular weight excluding hydrogens is 182 g/mol. The second-order valence-electron chi connectivity index (χ2n) is 4.06. The van der Waals surface area contributed by atoms with Crippen molar-refractivity contribution < 1.29 is 15.0 Å². The van der Waals surface area contributed by atoms with Crippen molar-refractivity contribution in [2.24, 2.45) is 5.92 Å². The summed E-state index contributed by atoms with van der Waals surface area (Å²) in [6.45, 7) is 5.10. The van der Waals surface area contributed by atoms with Crippen LogP contribution in [0.4, 0.5) is 0 Å². The van der Waals surface area contributed by atoms with Gasteiger partial charge in [-0.2, -0.15) is 0 Å². The minimum Gasteiger partial charge on any atom is -0.393 e. The summed E-state index contributed by atoms with van der Waals surface area (Å²) in [4.78, 5) is 11.4. The lowest BCUT2D eigenvalue weighted by Crippen LogP contribution is -2.44. The van der Waals surface area contributed by atoms with Gasteiger partial charge in [0.05, 0.1) is 6.61 Å². The second kappa shape index (κ2) is 5.98. The first-order valence-electron chi connectivity index (χ1n) is 5.04. The Morgan fingerprint density at radius 1 is 1.57 bits per heavy atom. The molecule has 4 nitrogen and oxygen atoms in total. The van der Waals surface area contributed by atoms with E-state index in [1.165, 1.54) is 6.92 Å². The third kappa shape index (κ3) is 5.19. The molecule has 0 fully saturated rings. The highest BCUT2D eigenvalue weighted by Crippen LogP contribution is 2.05. The third-order valence-corrected chi connectivity index (χ3v) is 2.15. The van der Waals surface area contributed by atoms with Crippen molar-refractivity contribution in [1.82, 2.24) is 5.32 Å². The van der Waals surface area contributed by atoms with Crippen LogP contribution in [0.25, 0.3) is 0 Å². The van der Waals surface area contributed by atoms with Crippen LogP contribution in [0, 0.1) is 5.92 Å². The van der Waals surface area contributed by atoms with Crippen LogP contribution in [0.3, 0.4) is 0 Å². The molecule has 0 saturated heterocycles. The Hall–Kier alpha value is -0.610. The molecule has 0 spiro atoms. The summed E-state index contributed by atoms with van der Waals surface area (Å²) >= 11 is 0. The van der Waals surface area contributed by atoms with Gasteiger partial charge in [0.15, 0.2) is 0 Å². The van der Waals surface area contributed by atoms with E-state index in [1.807, 2.05) is 13.8 Å². The number of aliphatic hydroxyl groups is 2. The maximum absolute atomic E-state index is 11.4. The molecule has 3 N–H and O–H groups in total. The maximum Gasteiger partial charge on any atom is 0.222 e. The molecule has 0 aliphatic carbocycles. The minimum atomic E-state index is -1.22. The van der Waals surface area contributed by atoms with Crippen molar-refractivity contribution in [1.29, 1.82) is 0 Å². The number of amides is 1. The molecule has 2 atom stereocenters. The Bertz CT molecular complexity index is 180. The van der Waals surface area contributed by atoms with Gasteiger partial charge in [0.2, 0.25) is 5.91 Å². The Morgan fingerprint density at radius 3 is 2.57 bits per heavy atom. The van der Waals surface area contributed by atoms with Gasteiger partial charge < -0.3 is 15.5 Å². The third-order valence-electron chi connectivity index (χ3n) is 2.15. The molecule has 0 rings (SSSR count). The van der Waals surface area contributed by atoms with Crippen molar-refractivity contribution in [3.63, 3.8) is 0 Å². The van der Waals surface area contributed by atoms with Crippen LogP contribution in [0.2, 0.25) is 0 Å². The van der Waals surface area contributed by atoms with Crippen LogP contribution in [0.15, 0.2) is 0 Å². The van der Waals surface area contributed by atoms with Crippen LogP contribution >= 0.6 is 0 Å². The molecule has 84 valence electrons. The Kier molecular flexibility index (Phi) is 5.72. The summed E-state index contributed by atoms with van der Waals surface area (Å²) in [6, 6.07) is 0. The molecule has 0 radical (unpaired) electrons. The number of carbonyl (C=O) groups excluding carboxylic acids is 1. The number of hydrogen-bond acceptors (Lipinski definition) is 3. The zero-order valence-electron chi connectivity index (χ0n) is 9.21. The number of carbonyl (C=O) groups is 1. The van der Waals surface area contributed by atoms with Gasteiger partial charge in [0, 0.05) is 12.5 Å². The van der Waals surface area contributed by atoms with Gasteiger partial charge in [-0.05, 0) is 13.3 Å². The van der Waals surface area contributed by atoms with Gasteiger partial charge in [0.1, 0.15) is 5.60 Å². The average Bonchev–Trinajstić information content (AvgIpc) is 2.15. The molecule has 14 heavy (non-hydrogen) atoms. The molecule has 0 aromatic heterocycles. The monoisotopic (exact) mass is 203 g/mol. The molecule has 0 aliphatic rings. The van der Waals surface area contributed by atoms with Crippen molar-refractivity contribution in [2.45, 2.75) is 39.2 Å². The minimum absolute atomic E-state index is 0.0329. The highest BCUT2D eigenvalue weighted by molar-refractivity contribution is 5.78. The molecule has 0 aromatic rings. The highest BCUT2D eigenvalue weighted by Gasteiger charge is 2.21. The lowest BCUT2D eigenvalue weighted by molar-refractivity contribution is -0.126. The quantitative estimate of drug-likeness (QED) is 0.581. The number of rotatable bonds is 6. The van der Waals surface area contributed by atoms with E-state index in [9.17, 15) is 9.90 Å². The highest BCUT2D eigenvalue weighted by atomic mass is 16.3. The topological polar surface area (TPSA) is 69.6 Å². The van der Waals surface area contributed by atoms with E-state index < -0.39 is 5.60 Å². The van der Waals surface area contributed by atoms with Gasteiger partial charge in [0.25, 0.3) is 0 Å². The first-order valence-corrected chi connectivity index (χ1v) is 5.04. The van der Waals surface area contributed by atoms with E-state index in [4.69, 9.17) is 5.11 Å². The summed E-state index contributed by atoms with van der Waals surface area (Å²) in [7, 11) is 0. The second-order valence-corrected chi connectivity index (χ2v) is 4.06. The number of aliphatic hydroxyl groups excluding tert-OH is 1. The van der Waals surface area contributed by atoms with E-state index >= 15 is 0 Å². The standard InChI is InChI=1S/C10H21NO3/c1-4-5-8(2)9(13)11-6-10(3,14)7-12/h8,12,14H,4-7H2,1-3H3,(H,11,13). The first kappa shape index (κ1) is 13.4. The predicted molar refractivity (Wildman–Crippen MR) is 54.8 cm³/mol. The number of hydrogen-bond donors (Lipinski definition) is 3. The molecule has 2 unspecified atom stereocenters. The summed E-state index contributed by atoms with van der Waals surface area (Å²) in [5, 5.41) is 20.8. The van der Waals surface area contributed by atoms with Gasteiger partial charge in [-0.25, -0.2) is 0 Å². The van der Waals surface area contributed by atoms with E-state index in [-0.39, 0.29) is 25.0 Å². The fraction of sp³-hybridized carbons (Fsp3) is 0.900. The van der Waals surface area contributed by atoms with Gasteiger partial charge in [-0.3, -0.25) is 4.79 Å². The molecule has 0 aromatic carbocycles. The summed E-state index contributed by atoms with van der Waals surface area (Å²) in [6.07, 6.45) is 1.80. The summed E-state index contributed by atoms with van der Waals surface area (Å²) in [5.41, 5.74) is -1.22. The molecule has 4 heteroatoms. The Morgan fingerprint density at radius 2 is 2.14 bits per heavy atom.